The fraction of sp³-hybridized carbons (Fsp3) is 0.318. The van der Waals surface area contributed by atoms with Crippen LogP contribution in [0.25, 0.3) is 11.4 Å². The Bertz CT molecular complexity index is 1390. The molecule has 37 heavy (non-hydrogen) atoms. The molecule has 1 aromatic carbocycles. The van der Waals surface area contributed by atoms with E-state index in [4.69, 9.17) is 16.3 Å². The lowest BCUT2D eigenvalue weighted by Gasteiger charge is -2.20. The number of aryl methyl sites for hydroxylation is 1. The molecule has 0 saturated heterocycles. The minimum atomic E-state index is -4.95. The van der Waals surface area contributed by atoms with E-state index in [2.05, 4.69) is 20.5 Å². The third-order valence-corrected chi connectivity index (χ3v) is 5.69. The Labute approximate surface area is 212 Å². The monoisotopic (exact) mass is 539 g/mol. The highest BCUT2D eigenvalue weighted by molar-refractivity contribution is 6.41. The average Bonchev–Trinajstić information content (AvgIpc) is 3.40. The summed E-state index contributed by atoms with van der Waals surface area (Å²) in [6.45, 7) is 0.425. The predicted molar refractivity (Wildman–Crippen MR) is 127 cm³/mol. The number of aliphatic hydroxyl groups is 1. The van der Waals surface area contributed by atoms with Gasteiger partial charge in [0, 0.05) is 16.8 Å². The number of aliphatic imine (C=N–C) groups is 1. The molecule has 4 rings (SSSR count). The highest BCUT2D eigenvalue weighted by Gasteiger charge is 2.40. The van der Waals surface area contributed by atoms with Crippen molar-refractivity contribution in [1.82, 2.24) is 24.8 Å². The number of amidine groups is 1. The lowest BCUT2D eigenvalue weighted by Crippen LogP contribution is -2.46. The molecule has 196 valence electrons. The Morgan fingerprint density at radius 2 is 1.97 bits per heavy atom. The number of hydrogen-bond acceptors (Lipinski definition) is 9. The van der Waals surface area contributed by atoms with Crippen molar-refractivity contribution in [2.75, 3.05) is 12.1 Å². The highest BCUT2D eigenvalue weighted by Crippen LogP contribution is 2.24. The first-order chi connectivity index (χ1) is 17.5. The number of anilines is 1. The molecule has 1 aliphatic heterocycles. The average molecular weight is 540 g/mol. The van der Waals surface area contributed by atoms with Crippen molar-refractivity contribution >= 4 is 29.2 Å². The maximum atomic E-state index is 13.1. The largest absolute Gasteiger partial charge is 0.463 e. The molecule has 15 heteroatoms. The number of methoxy groups -OCH3 is 1. The maximum Gasteiger partial charge on any atom is 0.416 e. The molecule has 3 aromatic rings. The van der Waals surface area contributed by atoms with Crippen LogP contribution in [0.15, 0.2) is 52.4 Å². The van der Waals surface area contributed by atoms with Crippen molar-refractivity contribution in [3.8, 4) is 11.4 Å². The molecule has 2 atom stereocenters. The van der Waals surface area contributed by atoms with Crippen molar-refractivity contribution in [2.45, 2.75) is 38.5 Å². The number of carbonyl (C=O) groups is 1. The highest BCUT2D eigenvalue weighted by atomic mass is 35.5. The van der Waals surface area contributed by atoms with E-state index < -0.39 is 36.6 Å². The molecule has 1 aliphatic rings. The molecule has 3 heterocycles. The minimum absolute atomic E-state index is 0.113. The van der Waals surface area contributed by atoms with E-state index in [1.54, 1.807) is 19.1 Å². The van der Waals surface area contributed by atoms with Crippen LogP contribution in [0.4, 0.5) is 19.0 Å². The van der Waals surface area contributed by atoms with Gasteiger partial charge in [-0.15, -0.1) is 5.10 Å². The van der Waals surface area contributed by atoms with E-state index in [1.807, 2.05) is 0 Å². The van der Waals surface area contributed by atoms with Gasteiger partial charge >= 0.3 is 17.8 Å². The quantitative estimate of drug-likeness (QED) is 0.436. The molecule has 0 fully saturated rings. The van der Waals surface area contributed by atoms with Gasteiger partial charge in [-0.3, -0.25) is 4.57 Å². The Balaban J connectivity index is 1.70. The van der Waals surface area contributed by atoms with Crippen LogP contribution in [0, 0.1) is 6.92 Å². The third-order valence-electron chi connectivity index (χ3n) is 5.43. The SMILES string of the molecule is COC(=O)C1=NC(Cn2nc(-c3ccc(Cl)cc3)n(C[C@H](O)C(F)(F)F)c2=O)NN1c1ncccc1C. The second-order valence-electron chi connectivity index (χ2n) is 8.03. The van der Waals surface area contributed by atoms with Gasteiger partial charge in [0.1, 0.15) is 6.17 Å². The molecule has 0 amide bonds. The molecule has 11 nitrogen and oxygen atoms in total. The van der Waals surface area contributed by atoms with Crippen molar-refractivity contribution in [1.29, 1.82) is 0 Å². The number of benzene rings is 1. The summed E-state index contributed by atoms with van der Waals surface area (Å²) in [7, 11) is 1.18. The Kier molecular flexibility index (Phi) is 7.34. The van der Waals surface area contributed by atoms with Crippen LogP contribution in [0.5, 0.6) is 0 Å². The van der Waals surface area contributed by atoms with Gasteiger partial charge in [-0.25, -0.2) is 34.7 Å². The van der Waals surface area contributed by atoms with Crippen molar-refractivity contribution in [3.63, 3.8) is 0 Å². The summed E-state index contributed by atoms with van der Waals surface area (Å²) in [6.07, 6.45) is -7.16. The summed E-state index contributed by atoms with van der Waals surface area (Å²) < 4.78 is 45.7. The number of alkyl halides is 3. The van der Waals surface area contributed by atoms with Crippen LogP contribution < -0.4 is 16.1 Å². The first-order valence-corrected chi connectivity index (χ1v) is 11.2. The van der Waals surface area contributed by atoms with E-state index >= 15 is 0 Å². The summed E-state index contributed by atoms with van der Waals surface area (Å²) in [5.41, 5.74) is 3.03. The van der Waals surface area contributed by atoms with E-state index in [-0.39, 0.29) is 18.2 Å². The number of hydrazine groups is 1. The number of esters is 1. The smallest absolute Gasteiger partial charge is 0.416 e. The van der Waals surface area contributed by atoms with Crippen molar-refractivity contribution < 1.29 is 27.8 Å². The molecule has 0 radical (unpaired) electrons. The van der Waals surface area contributed by atoms with Crippen LogP contribution >= 0.6 is 11.6 Å². The second-order valence-corrected chi connectivity index (χ2v) is 8.47. The number of ether oxygens (including phenoxy) is 1. The van der Waals surface area contributed by atoms with Crippen LogP contribution in [0.1, 0.15) is 5.56 Å². The second kappa shape index (κ2) is 10.3. The molecule has 2 aromatic heterocycles. The lowest BCUT2D eigenvalue weighted by atomic mass is 10.2. The van der Waals surface area contributed by atoms with Crippen molar-refractivity contribution in [3.05, 3.63) is 63.7 Å². The fourth-order valence-electron chi connectivity index (χ4n) is 3.61. The summed E-state index contributed by atoms with van der Waals surface area (Å²) in [4.78, 5) is 34.0. The van der Waals surface area contributed by atoms with Crippen LogP contribution in [0.3, 0.4) is 0 Å². The van der Waals surface area contributed by atoms with Gasteiger partial charge in [0.25, 0.3) is 0 Å². The zero-order valence-corrected chi connectivity index (χ0v) is 20.2. The normalized spacial score (nSPS) is 16.6. The molecule has 0 spiro atoms. The number of pyridine rings is 1. The molecule has 1 unspecified atom stereocenters. The Hall–Kier alpha value is -3.75. The van der Waals surface area contributed by atoms with Crippen molar-refractivity contribution in [2.24, 2.45) is 4.99 Å². The zero-order chi connectivity index (χ0) is 26.9. The number of hydrogen-bond donors (Lipinski definition) is 2. The molecular formula is C22H21ClF3N7O4. The summed E-state index contributed by atoms with van der Waals surface area (Å²) in [5, 5.41) is 15.5. The molecule has 0 saturated carbocycles. The lowest BCUT2D eigenvalue weighted by molar-refractivity contribution is -0.207. The molecular weight excluding hydrogens is 519 g/mol. The number of nitrogens with zero attached hydrogens (tertiary/aromatic N) is 6. The fourth-order valence-corrected chi connectivity index (χ4v) is 3.74. The first kappa shape index (κ1) is 26.3. The maximum absolute atomic E-state index is 13.1. The molecule has 0 bridgehead atoms. The van der Waals surface area contributed by atoms with E-state index in [9.17, 15) is 27.9 Å². The van der Waals surface area contributed by atoms with E-state index in [0.717, 1.165) is 9.25 Å². The molecule has 2 N–H and O–H groups in total. The van der Waals surface area contributed by atoms with Gasteiger partial charge < -0.3 is 9.84 Å². The van der Waals surface area contributed by atoms with Crippen LogP contribution in [-0.4, -0.2) is 61.8 Å². The van der Waals surface area contributed by atoms with Crippen LogP contribution in [0.2, 0.25) is 5.02 Å². The van der Waals surface area contributed by atoms with Gasteiger partial charge in [0.15, 0.2) is 17.7 Å². The van der Waals surface area contributed by atoms with E-state index in [1.165, 1.54) is 42.6 Å². The minimum Gasteiger partial charge on any atom is -0.463 e. The predicted octanol–water partition coefficient (Wildman–Crippen LogP) is 1.91. The zero-order valence-electron chi connectivity index (χ0n) is 19.5. The number of halogens is 4. The number of aromatic nitrogens is 4. The standard InChI is InChI=1S/C22H21ClF3N7O4/c1-12-4-3-9-27-17(12)33-19(20(35)37-2)28-16(29-33)11-32-21(36)31(10-15(34)22(24,25)26)18(30-32)13-5-7-14(23)8-6-13/h3-9,15-16,29,34H,10-11H2,1-2H3/t15-,16?/m0/s1. The van der Waals surface area contributed by atoms with Gasteiger partial charge in [-0.1, -0.05) is 17.7 Å². The van der Waals surface area contributed by atoms with Crippen LogP contribution in [-0.2, 0) is 22.6 Å². The Morgan fingerprint density at radius 1 is 1.27 bits per heavy atom. The topological polar surface area (TPSA) is 127 Å². The Morgan fingerprint density at radius 3 is 2.59 bits per heavy atom. The van der Waals surface area contributed by atoms with E-state index in [0.29, 0.717) is 22.0 Å². The van der Waals surface area contributed by atoms with Gasteiger partial charge in [-0.05, 0) is 42.8 Å². The number of carbonyl (C=O) groups excluding carboxylic acids is 1. The summed E-state index contributed by atoms with van der Waals surface area (Å²) >= 11 is 5.91. The number of rotatable bonds is 7. The number of aliphatic hydroxyl groups excluding tert-OH is 1. The summed E-state index contributed by atoms with van der Waals surface area (Å²) in [5.74, 6) is -0.653. The van der Waals surface area contributed by atoms with Gasteiger partial charge in [0.2, 0.25) is 5.84 Å². The summed E-state index contributed by atoms with van der Waals surface area (Å²) in [6, 6.07) is 9.42. The molecule has 0 aliphatic carbocycles. The first-order valence-electron chi connectivity index (χ1n) is 10.8. The third kappa shape index (κ3) is 5.50. The number of nitrogens with one attached hydrogen (secondary N) is 1. The van der Waals surface area contributed by atoms with Gasteiger partial charge in [-0.2, -0.15) is 13.2 Å². The van der Waals surface area contributed by atoms with Gasteiger partial charge in [0.05, 0.1) is 20.2 Å².